The van der Waals surface area contributed by atoms with Crippen molar-refractivity contribution in [3.8, 4) is 11.3 Å². The second-order valence-corrected chi connectivity index (χ2v) is 7.66. The Labute approximate surface area is 164 Å². The third-order valence-electron chi connectivity index (χ3n) is 3.56. The summed E-state index contributed by atoms with van der Waals surface area (Å²) in [6.45, 7) is 4.19. The van der Waals surface area contributed by atoms with Crippen LogP contribution in [0.3, 0.4) is 0 Å². The number of rotatable bonds is 5. The quantitative estimate of drug-likeness (QED) is 0.571. The van der Waals surface area contributed by atoms with E-state index in [0.29, 0.717) is 28.7 Å². The molecule has 0 radical (unpaired) electrons. The minimum Gasteiger partial charge on any atom is -0.462 e. The molecule has 6 nitrogen and oxygen atoms in total. The molecule has 140 valence electrons. The van der Waals surface area contributed by atoms with Gasteiger partial charge in [-0.25, -0.2) is 4.79 Å². The number of hydrogen-bond acceptors (Lipinski definition) is 6. The molecular weight excluding hydrogens is 390 g/mol. The fourth-order valence-corrected chi connectivity index (χ4v) is 3.15. The van der Waals surface area contributed by atoms with Crippen LogP contribution < -0.4 is 5.32 Å². The Morgan fingerprint density at radius 2 is 2.07 bits per heavy atom. The van der Waals surface area contributed by atoms with Crippen LogP contribution in [0.5, 0.6) is 0 Å². The van der Waals surface area contributed by atoms with E-state index >= 15 is 0 Å². The predicted molar refractivity (Wildman–Crippen MR) is 103 cm³/mol. The van der Waals surface area contributed by atoms with Crippen LogP contribution in [0, 0.1) is 5.92 Å². The number of carbonyl (C=O) groups excluding carboxylic acids is 3. The molecule has 0 aliphatic carbocycles. The van der Waals surface area contributed by atoms with E-state index in [-0.39, 0.29) is 16.4 Å². The summed E-state index contributed by atoms with van der Waals surface area (Å²) in [4.78, 5) is 35.3. The van der Waals surface area contributed by atoms with Crippen LogP contribution in [0.2, 0.25) is 5.02 Å². The normalized spacial score (nSPS) is 15.5. The van der Waals surface area contributed by atoms with Gasteiger partial charge in [0.15, 0.2) is 0 Å². The van der Waals surface area contributed by atoms with Crippen molar-refractivity contribution in [1.29, 1.82) is 0 Å². The predicted octanol–water partition coefficient (Wildman–Crippen LogP) is 4.74. The third kappa shape index (κ3) is 4.61. The highest BCUT2D eigenvalue weighted by Gasteiger charge is 2.25. The molecular formula is C19H16ClNO5S. The van der Waals surface area contributed by atoms with E-state index in [4.69, 9.17) is 20.8 Å². The highest BCUT2D eigenvalue weighted by atomic mass is 35.5. The number of benzene rings is 1. The number of esters is 1. The fraction of sp³-hybridized carbons (Fsp3) is 0.211. The molecule has 1 fully saturated rings. The number of ether oxygens (including phenoxy) is 1. The lowest BCUT2D eigenvalue weighted by Crippen LogP contribution is -2.17. The molecule has 2 aromatic rings. The lowest BCUT2D eigenvalue weighted by atomic mass is 10.1. The van der Waals surface area contributed by atoms with Crippen molar-refractivity contribution >= 4 is 46.6 Å². The topological polar surface area (TPSA) is 85.6 Å². The second kappa shape index (κ2) is 8.02. The smallest absolute Gasteiger partial charge is 0.339 e. The van der Waals surface area contributed by atoms with Gasteiger partial charge in [-0.15, -0.1) is 0 Å². The Hall–Kier alpha value is -2.51. The van der Waals surface area contributed by atoms with Gasteiger partial charge in [-0.3, -0.25) is 14.9 Å². The van der Waals surface area contributed by atoms with Crippen molar-refractivity contribution in [2.24, 2.45) is 5.92 Å². The van der Waals surface area contributed by atoms with E-state index in [1.165, 1.54) is 6.08 Å². The lowest BCUT2D eigenvalue weighted by Gasteiger charge is -2.09. The summed E-state index contributed by atoms with van der Waals surface area (Å²) in [5, 5.41) is 2.05. The van der Waals surface area contributed by atoms with Crippen LogP contribution in [0.25, 0.3) is 17.4 Å². The van der Waals surface area contributed by atoms with Crippen molar-refractivity contribution in [2.45, 2.75) is 13.8 Å². The maximum atomic E-state index is 12.2. The van der Waals surface area contributed by atoms with Gasteiger partial charge in [0, 0.05) is 11.6 Å². The van der Waals surface area contributed by atoms with E-state index in [2.05, 4.69) is 5.32 Å². The number of halogens is 1. The first-order valence-corrected chi connectivity index (χ1v) is 9.34. The molecule has 1 aromatic heterocycles. The third-order valence-corrected chi connectivity index (χ3v) is 4.70. The molecule has 0 saturated carbocycles. The Kier molecular flexibility index (Phi) is 5.72. The Morgan fingerprint density at radius 3 is 2.74 bits per heavy atom. The van der Waals surface area contributed by atoms with E-state index in [9.17, 15) is 14.4 Å². The Bertz CT molecular complexity index is 947. The highest BCUT2D eigenvalue weighted by Crippen LogP contribution is 2.30. The van der Waals surface area contributed by atoms with Crippen LogP contribution in [0.15, 0.2) is 39.7 Å². The maximum Gasteiger partial charge on any atom is 0.339 e. The Morgan fingerprint density at radius 1 is 1.30 bits per heavy atom. The van der Waals surface area contributed by atoms with Crippen molar-refractivity contribution in [3.63, 3.8) is 0 Å². The number of hydrogen-bond donors (Lipinski definition) is 1. The van der Waals surface area contributed by atoms with Gasteiger partial charge in [0.1, 0.15) is 11.5 Å². The van der Waals surface area contributed by atoms with Crippen LogP contribution in [-0.4, -0.2) is 23.7 Å². The van der Waals surface area contributed by atoms with Gasteiger partial charge < -0.3 is 9.15 Å². The molecule has 27 heavy (non-hydrogen) atoms. The van der Waals surface area contributed by atoms with Gasteiger partial charge >= 0.3 is 5.97 Å². The van der Waals surface area contributed by atoms with E-state index in [1.54, 1.807) is 30.3 Å². The summed E-state index contributed by atoms with van der Waals surface area (Å²) in [7, 11) is 0. The molecule has 1 aliphatic heterocycles. The summed E-state index contributed by atoms with van der Waals surface area (Å²) < 4.78 is 10.9. The summed E-state index contributed by atoms with van der Waals surface area (Å²) in [6.07, 6.45) is 1.49. The standard InChI is InChI=1S/C19H16ClNO5S/c1-10(2)9-25-18(23)13-7-11(3-5-14(13)20)15-6-4-12(26-15)8-16-17(22)21-19(24)27-16/h3-8,10H,9H2,1-2H3,(H,21,22,24)/b16-8-. The zero-order chi connectivity index (χ0) is 19.6. The number of amides is 2. The van der Waals surface area contributed by atoms with Crippen LogP contribution in [0.4, 0.5) is 4.79 Å². The molecule has 0 atom stereocenters. The second-order valence-electron chi connectivity index (χ2n) is 6.24. The number of imide groups is 1. The van der Waals surface area contributed by atoms with E-state index in [0.717, 1.165) is 11.8 Å². The SMILES string of the molecule is CC(C)COC(=O)c1cc(-c2ccc(/C=C3\SC(=O)NC3=O)o2)ccc1Cl. The minimum atomic E-state index is -0.498. The van der Waals surface area contributed by atoms with E-state index in [1.807, 2.05) is 13.8 Å². The van der Waals surface area contributed by atoms with Gasteiger partial charge in [-0.2, -0.15) is 0 Å². The monoisotopic (exact) mass is 405 g/mol. The lowest BCUT2D eigenvalue weighted by molar-refractivity contribution is -0.115. The number of carbonyl (C=O) groups is 3. The number of furan rings is 1. The molecule has 3 rings (SSSR count). The fourth-order valence-electron chi connectivity index (χ4n) is 2.29. The van der Waals surface area contributed by atoms with E-state index < -0.39 is 17.1 Å². The van der Waals surface area contributed by atoms with Gasteiger partial charge in [-0.05, 0) is 48.0 Å². The van der Waals surface area contributed by atoms with Crippen molar-refractivity contribution < 1.29 is 23.5 Å². The summed E-state index contributed by atoms with van der Waals surface area (Å²) in [6, 6.07) is 8.30. The highest BCUT2D eigenvalue weighted by molar-refractivity contribution is 8.18. The summed E-state index contributed by atoms with van der Waals surface area (Å²) in [5.41, 5.74) is 0.891. The molecule has 2 heterocycles. The molecule has 0 unspecified atom stereocenters. The zero-order valence-electron chi connectivity index (χ0n) is 14.6. The van der Waals surface area contributed by atoms with Crippen molar-refractivity contribution in [3.05, 3.63) is 51.6 Å². The van der Waals surface area contributed by atoms with Gasteiger partial charge in [-0.1, -0.05) is 25.4 Å². The van der Waals surface area contributed by atoms with Crippen LogP contribution in [-0.2, 0) is 9.53 Å². The first kappa shape index (κ1) is 19.3. The molecule has 1 aromatic carbocycles. The first-order chi connectivity index (χ1) is 12.8. The van der Waals surface area contributed by atoms with Crippen molar-refractivity contribution in [2.75, 3.05) is 6.61 Å². The number of nitrogens with one attached hydrogen (secondary N) is 1. The van der Waals surface area contributed by atoms with Gasteiger partial charge in [0.25, 0.3) is 11.1 Å². The molecule has 1 saturated heterocycles. The number of thioether (sulfide) groups is 1. The molecule has 1 aliphatic rings. The van der Waals surface area contributed by atoms with Crippen molar-refractivity contribution in [1.82, 2.24) is 5.32 Å². The van der Waals surface area contributed by atoms with Crippen LogP contribution >= 0.6 is 23.4 Å². The van der Waals surface area contributed by atoms with Gasteiger partial charge in [0.05, 0.1) is 22.1 Å². The summed E-state index contributed by atoms with van der Waals surface area (Å²) >= 11 is 6.93. The molecule has 0 bridgehead atoms. The molecule has 0 spiro atoms. The zero-order valence-corrected chi connectivity index (χ0v) is 16.1. The Balaban J connectivity index is 1.83. The van der Waals surface area contributed by atoms with Gasteiger partial charge in [0.2, 0.25) is 0 Å². The summed E-state index contributed by atoms with van der Waals surface area (Å²) in [5.74, 6) is 0.170. The minimum absolute atomic E-state index is 0.217. The molecule has 8 heteroatoms. The first-order valence-electron chi connectivity index (χ1n) is 8.15. The average Bonchev–Trinajstić information content (AvgIpc) is 3.20. The molecule has 1 N–H and O–H groups in total. The maximum absolute atomic E-state index is 12.2. The largest absolute Gasteiger partial charge is 0.462 e. The average molecular weight is 406 g/mol. The van der Waals surface area contributed by atoms with Crippen LogP contribution in [0.1, 0.15) is 30.0 Å². The molecule has 2 amide bonds.